The zero-order valence-electron chi connectivity index (χ0n) is 17.9. The van der Waals surface area contributed by atoms with Gasteiger partial charge in [-0.15, -0.1) is 0 Å². The number of hydrogen-bond donors (Lipinski definition) is 0. The van der Waals surface area contributed by atoms with Gasteiger partial charge in [-0.25, -0.2) is 4.98 Å². The maximum Gasteiger partial charge on any atom is 0.213 e. The molecule has 5 heteroatoms. The molecule has 0 N–H and O–H groups in total. The molecular weight excluding hydrogens is 412 g/mol. The average Bonchev–Trinajstić information content (AvgIpc) is 3.27. The minimum absolute atomic E-state index is 0.155. The molecule has 160 valence electrons. The van der Waals surface area contributed by atoms with Crippen LogP contribution in [0.1, 0.15) is 32.0 Å². The highest BCUT2D eigenvalue weighted by atomic mass is 16.5. The van der Waals surface area contributed by atoms with Crippen LogP contribution in [0.5, 0.6) is 5.75 Å². The number of ether oxygens (including phenoxy) is 1. The first-order valence-corrected chi connectivity index (χ1v) is 10.5. The molecular formula is C28H20N2O3. The lowest BCUT2D eigenvalue weighted by atomic mass is 10.0. The highest BCUT2D eigenvalue weighted by Gasteiger charge is 2.24. The molecule has 3 aromatic carbocycles. The number of nitrogens with zero attached hydrogens (tertiary/aromatic N) is 2. The lowest BCUT2D eigenvalue weighted by Gasteiger charge is -2.08. The molecule has 5 aromatic rings. The number of benzene rings is 3. The van der Waals surface area contributed by atoms with E-state index < -0.39 is 0 Å². The number of ketones is 2. The number of para-hydroxylation sites is 1. The molecule has 0 aliphatic carbocycles. The zero-order valence-corrected chi connectivity index (χ0v) is 17.9. The minimum atomic E-state index is -0.246. The Morgan fingerprint density at radius 2 is 1.42 bits per heavy atom. The van der Waals surface area contributed by atoms with Gasteiger partial charge in [-0.3, -0.25) is 14.0 Å². The van der Waals surface area contributed by atoms with E-state index in [2.05, 4.69) is 4.98 Å². The zero-order chi connectivity index (χ0) is 22.8. The molecule has 0 saturated heterocycles. The number of methoxy groups -OCH3 is 1. The van der Waals surface area contributed by atoms with E-state index in [1.54, 1.807) is 47.1 Å². The van der Waals surface area contributed by atoms with Crippen LogP contribution in [0.15, 0.2) is 103 Å². The fourth-order valence-electron chi connectivity index (χ4n) is 3.94. The fraction of sp³-hybridized carbons (Fsp3) is 0.0357. The molecule has 0 bridgehead atoms. The van der Waals surface area contributed by atoms with Crippen LogP contribution >= 0.6 is 0 Å². The van der Waals surface area contributed by atoms with Crippen molar-refractivity contribution in [2.75, 3.05) is 7.11 Å². The first kappa shape index (κ1) is 20.4. The van der Waals surface area contributed by atoms with Crippen molar-refractivity contribution in [1.29, 1.82) is 0 Å². The van der Waals surface area contributed by atoms with Crippen LogP contribution in [0.3, 0.4) is 0 Å². The van der Waals surface area contributed by atoms with E-state index in [0.717, 1.165) is 11.3 Å². The number of rotatable bonds is 6. The van der Waals surface area contributed by atoms with Crippen molar-refractivity contribution in [3.8, 4) is 17.0 Å². The van der Waals surface area contributed by atoms with E-state index >= 15 is 0 Å². The van der Waals surface area contributed by atoms with Crippen LogP contribution in [0.25, 0.3) is 16.8 Å². The summed E-state index contributed by atoms with van der Waals surface area (Å²) in [5.41, 5.74) is 4.04. The topological polar surface area (TPSA) is 60.7 Å². The molecule has 0 unspecified atom stereocenters. The highest BCUT2D eigenvalue weighted by Crippen LogP contribution is 2.28. The Labute approximate surface area is 190 Å². The van der Waals surface area contributed by atoms with Crippen LogP contribution in [-0.4, -0.2) is 28.1 Å². The predicted molar refractivity (Wildman–Crippen MR) is 127 cm³/mol. The summed E-state index contributed by atoms with van der Waals surface area (Å²) in [4.78, 5) is 31.5. The third kappa shape index (κ3) is 3.70. The number of carbonyl (C=O) groups is 2. The van der Waals surface area contributed by atoms with Gasteiger partial charge in [-0.2, -0.15) is 0 Å². The molecule has 5 nitrogen and oxygen atoms in total. The van der Waals surface area contributed by atoms with E-state index in [0.29, 0.717) is 33.7 Å². The molecule has 2 aromatic heterocycles. The molecule has 0 aliphatic heterocycles. The van der Waals surface area contributed by atoms with Crippen LogP contribution in [0.2, 0.25) is 0 Å². The molecule has 0 atom stereocenters. The van der Waals surface area contributed by atoms with Gasteiger partial charge in [0, 0.05) is 16.7 Å². The van der Waals surface area contributed by atoms with E-state index in [9.17, 15) is 9.59 Å². The van der Waals surface area contributed by atoms with Gasteiger partial charge in [0.1, 0.15) is 12.1 Å². The minimum Gasteiger partial charge on any atom is -0.496 e. The molecule has 2 heterocycles. The fourth-order valence-corrected chi connectivity index (χ4v) is 3.94. The van der Waals surface area contributed by atoms with Gasteiger partial charge in [0.15, 0.2) is 5.78 Å². The Kier molecular flexibility index (Phi) is 5.29. The van der Waals surface area contributed by atoms with Gasteiger partial charge < -0.3 is 4.74 Å². The van der Waals surface area contributed by atoms with E-state index in [-0.39, 0.29) is 11.6 Å². The van der Waals surface area contributed by atoms with Gasteiger partial charge >= 0.3 is 0 Å². The van der Waals surface area contributed by atoms with Gasteiger partial charge in [0.25, 0.3) is 0 Å². The van der Waals surface area contributed by atoms with Crippen LogP contribution in [-0.2, 0) is 0 Å². The van der Waals surface area contributed by atoms with Crippen LogP contribution < -0.4 is 4.74 Å². The number of aromatic nitrogens is 2. The van der Waals surface area contributed by atoms with E-state index in [1.807, 2.05) is 60.7 Å². The van der Waals surface area contributed by atoms with Crippen LogP contribution in [0, 0.1) is 0 Å². The molecule has 0 spiro atoms. The quantitative estimate of drug-likeness (QED) is 0.334. The van der Waals surface area contributed by atoms with Gasteiger partial charge in [0.2, 0.25) is 5.78 Å². The third-order valence-electron chi connectivity index (χ3n) is 5.60. The molecule has 0 aliphatic rings. The second kappa shape index (κ2) is 8.55. The lowest BCUT2D eigenvalue weighted by Crippen LogP contribution is -2.07. The third-order valence-corrected chi connectivity index (χ3v) is 5.60. The van der Waals surface area contributed by atoms with Gasteiger partial charge in [-0.1, -0.05) is 72.8 Å². The maximum atomic E-state index is 13.5. The summed E-state index contributed by atoms with van der Waals surface area (Å²) in [6.45, 7) is 0. The molecule has 5 rings (SSSR count). The molecule has 0 amide bonds. The first-order valence-electron chi connectivity index (χ1n) is 10.5. The Morgan fingerprint density at radius 1 is 0.758 bits per heavy atom. The van der Waals surface area contributed by atoms with Crippen LogP contribution in [0.4, 0.5) is 0 Å². The van der Waals surface area contributed by atoms with Crippen molar-refractivity contribution in [2.24, 2.45) is 0 Å². The van der Waals surface area contributed by atoms with E-state index in [4.69, 9.17) is 4.74 Å². The van der Waals surface area contributed by atoms with Gasteiger partial charge in [0.05, 0.1) is 29.6 Å². The standard InChI is InChI=1S/C28H20N2O3/c1-33-26-15-9-8-14-21(26)28(32)25-16-22(27(31)20-12-6-3-7-13-20)24-17-23(29-18-30(24)25)19-10-4-2-5-11-19/h2-18H,1H3. The number of carbonyl (C=O) groups excluding carboxylic acids is 2. The summed E-state index contributed by atoms with van der Waals surface area (Å²) in [7, 11) is 1.53. The summed E-state index contributed by atoms with van der Waals surface area (Å²) >= 11 is 0. The van der Waals surface area contributed by atoms with Crippen molar-refractivity contribution >= 4 is 17.1 Å². The highest BCUT2D eigenvalue weighted by molar-refractivity contribution is 6.17. The Morgan fingerprint density at radius 3 is 2.15 bits per heavy atom. The average molecular weight is 432 g/mol. The SMILES string of the molecule is COc1ccccc1C(=O)c1cc(C(=O)c2ccccc2)c2cc(-c3ccccc3)ncn12. The first-order chi connectivity index (χ1) is 16.2. The van der Waals surface area contributed by atoms with Crippen molar-refractivity contribution < 1.29 is 14.3 Å². The second-order valence-corrected chi connectivity index (χ2v) is 7.56. The lowest BCUT2D eigenvalue weighted by molar-refractivity contribution is 0.102. The van der Waals surface area contributed by atoms with Crippen molar-refractivity contribution in [1.82, 2.24) is 9.38 Å². The predicted octanol–water partition coefficient (Wildman–Crippen LogP) is 5.47. The largest absolute Gasteiger partial charge is 0.496 e. The normalized spacial score (nSPS) is 10.8. The number of hydrogen-bond acceptors (Lipinski definition) is 4. The second-order valence-electron chi connectivity index (χ2n) is 7.56. The molecule has 0 fully saturated rings. The Balaban J connectivity index is 1.72. The van der Waals surface area contributed by atoms with E-state index in [1.165, 1.54) is 7.11 Å². The molecule has 33 heavy (non-hydrogen) atoms. The molecule has 0 saturated carbocycles. The van der Waals surface area contributed by atoms with Crippen molar-refractivity contribution in [3.05, 3.63) is 126 Å². The summed E-state index contributed by atoms with van der Waals surface area (Å²) in [6, 6.07) is 29.3. The monoisotopic (exact) mass is 432 g/mol. The summed E-state index contributed by atoms with van der Waals surface area (Å²) in [5.74, 6) is 0.0726. The maximum absolute atomic E-state index is 13.5. The Hall–Kier alpha value is -4.51. The molecule has 0 radical (unpaired) electrons. The van der Waals surface area contributed by atoms with Crippen molar-refractivity contribution in [2.45, 2.75) is 0 Å². The summed E-state index contributed by atoms with van der Waals surface area (Å²) in [6.07, 6.45) is 1.60. The smallest absolute Gasteiger partial charge is 0.213 e. The Bertz CT molecular complexity index is 1470. The summed E-state index contributed by atoms with van der Waals surface area (Å²) in [5, 5.41) is 0. The van der Waals surface area contributed by atoms with Crippen molar-refractivity contribution in [3.63, 3.8) is 0 Å². The summed E-state index contributed by atoms with van der Waals surface area (Å²) < 4.78 is 7.07. The van der Waals surface area contributed by atoms with Gasteiger partial charge in [-0.05, 0) is 24.3 Å². The number of fused-ring (bicyclic) bond motifs is 1.